The molecule has 4 heteroatoms. The average Bonchev–Trinajstić information content (AvgIpc) is 2.67. The number of thiazole rings is 1. The Labute approximate surface area is 80.3 Å². The van der Waals surface area contributed by atoms with Crippen LogP contribution in [0.4, 0.5) is 0 Å². The van der Waals surface area contributed by atoms with Gasteiger partial charge in [0.15, 0.2) is 0 Å². The van der Waals surface area contributed by atoms with Gasteiger partial charge in [0.05, 0.1) is 5.69 Å². The second-order valence-electron chi connectivity index (χ2n) is 2.59. The predicted octanol–water partition coefficient (Wildman–Crippen LogP) is 1.66. The van der Waals surface area contributed by atoms with E-state index in [1.165, 1.54) is 0 Å². The third-order valence-corrected chi connectivity index (χ3v) is 2.61. The molecule has 0 spiro atoms. The fourth-order valence-corrected chi connectivity index (χ4v) is 1.85. The Morgan fingerprint density at radius 3 is 3.00 bits per heavy atom. The number of hydrogen-bond donors (Lipinski definition) is 1. The van der Waals surface area contributed by atoms with E-state index in [4.69, 9.17) is 5.73 Å². The van der Waals surface area contributed by atoms with Crippen molar-refractivity contribution < 1.29 is 0 Å². The molecule has 0 radical (unpaired) electrons. The molecule has 0 amide bonds. The maximum absolute atomic E-state index is 5.47. The minimum atomic E-state index is 0.497. The molecule has 66 valence electrons. The summed E-state index contributed by atoms with van der Waals surface area (Å²) in [5.41, 5.74) is 7.45. The highest BCUT2D eigenvalue weighted by molar-refractivity contribution is 7.13. The normalized spacial score (nSPS) is 10.2. The Kier molecular flexibility index (Phi) is 2.33. The molecule has 2 rings (SSSR count). The highest BCUT2D eigenvalue weighted by Gasteiger charge is 2.02. The van der Waals surface area contributed by atoms with Crippen LogP contribution in [0, 0.1) is 0 Å². The first-order valence-corrected chi connectivity index (χ1v) is 4.83. The zero-order valence-electron chi connectivity index (χ0n) is 6.97. The molecule has 0 saturated heterocycles. The Balaban J connectivity index is 2.36. The van der Waals surface area contributed by atoms with Crippen molar-refractivity contribution in [3.8, 4) is 10.6 Å². The molecule has 2 N–H and O–H groups in total. The van der Waals surface area contributed by atoms with Crippen LogP contribution in [0.25, 0.3) is 10.6 Å². The number of aromatic nitrogens is 2. The summed E-state index contributed by atoms with van der Waals surface area (Å²) in [6.45, 7) is 0.497. The smallest absolute Gasteiger partial charge is 0.125 e. The van der Waals surface area contributed by atoms with Gasteiger partial charge < -0.3 is 5.73 Å². The van der Waals surface area contributed by atoms with Gasteiger partial charge in [-0.1, -0.05) is 0 Å². The number of hydrogen-bond acceptors (Lipinski definition) is 4. The molecular formula is C9H9N3S. The van der Waals surface area contributed by atoms with Crippen LogP contribution in [0.1, 0.15) is 5.69 Å². The van der Waals surface area contributed by atoms with Gasteiger partial charge in [-0.05, 0) is 12.1 Å². The maximum Gasteiger partial charge on any atom is 0.125 e. The van der Waals surface area contributed by atoms with Gasteiger partial charge in [-0.25, -0.2) is 4.98 Å². The van der Waals surface area contributed by atoms with Crippen LogP contribution in [0.5, 0.6) is 0 Å². The fraction of sp³-hybridized carbons (Fsp3) is 0.111. The largest absolute Gasteiger partial charge is 0.325 e. The molecule has 3 nitrogen and oxygen atoms in total. The Hall–Kier alpha value is -1.26. The summed E-state index contributed by atoms with van der Waals surface area (Å²) in [7, 11) is 0. The van der Waals surface area contributed by atoms with E-state index in [0.717, 1.165) is 16.3 Å². The van der Waals surface area contributed by atoms with Gasteiger partial charge in [0, 0.05) is 29.9 Å². The molecule has 0 bridgehead atoms. The van der Waals surface area contributed by atoms with Gasteiger partial charge in [-0.15, -0.1) is 11.3 Å². The highest BCUT2D eigenvalue weighted by Crippen LogP contribution is 2.21. The van der Waals surface area contributed by atoms with E-state index in [0.29, 0.717) is 6.54 Å². The molecular weight excluding hydrogens is 182 g/mol. The third kappa shape index (κ3) is 1.74. The maximum atomic E-state index is 5.47. The van der Waals surface area contributed by atoms with Crippen LogP contribution in [0.2, 0.25) is 0 Å². The lowest BCUT2D eigenvalue weighted by atomic mass is 10.3. The lowest BCUT2D eigenvalue weighted by molar-refractivity contribution is 1.01. The molecule has 13 heavy (non-hydrogen) atoms. The molecule has 0 fully saturated rings. The number of pyridine rings is 1. The first kappa shape index (κ1) is 8.34. The van der Waals surface area contributed by atoms with Crippen LogP contribution in [-0.2, 0) is 6.54 Å². The molecule has 2 aromatic heterocycles. The summed E-state index contributed by atoms with van der Waals surface area (Å²) in [6.07, 6.45) is 3.56. The molecule has 0 unspecified atom stereocenters. The van der Waals surface area contributed by atoms with E-state index in [9.17, 15) is 0 Å². The summed E-state index contributed by atoms with van der Waals surface area (Å²) in [6, 6.07) is 3.89. The number of nitrogens with two attached hydrogens (primary N) is 1. The summed E-state index contributed by atoms with van der Waals surface area (Å²) < 4.78 is 0. The first-order chi connectivity index (χ1) is 6.40. The van der Waals surface area contributed by atoms with E-state index in [1.807, 2.05) is 17.5 Å². The van der Waals surface area contributed by atoms with Gasteiger partial charge >= 0.3 is 0 Å². The zero-order chi connectivity index (χ0) is 9.10. The quantitative estimate of drug-likeness (QED) is 0.785. The lowest BCUT2D eigenvalue weighted by Crippen LogP contribution is -1.95. The first-order valence-electron chi connectivity index (χ1n) is 3.95. The summed E-state index contributed by atoms with van der Waals surface area (Å²) in [5, 5.41) is 2.95. The summed E-state index contributed by atoms with van der Waals surface area (Å²) >= 11 is 1.60. The molecule has 0 aromatic carbocycles. The van der Waals surface area contributed by atoms with E-state index in [1.54, 1.807) is 23.7 Å². The second-order valence-corrected chi connectivity index (χ2v) is 3.45. The minimum absolute atomic E-state index is 0.497. The van der Waals surface area contributed by atoms with E-state index >= 15 is 0 Å². The van der Waals surface area contributed by atoms with Crippen molar-refractivity contribution in [3.05, 3.63) is 35.6 Å². The lowest BCUT2D eigenvalue weighted by Gasteiger charge is -1.92. The van der Waals surface area contributed by atoms with Crippen molar-refractivity contribution in [1.29, 1.82) is 0 Å². The van der Waals surface area contributed by atoms with Gasteiger partial charge in [0.1, 0.15) is 5.01 Å². The van der Waals surface area contributed by atoms with Crippen molar-refractivity contribution in [1.82, 2.24) is 9.97 Å². The highest BCUT2D eigenvalue weighted by atomic mass is 32.1. The van der Waals surface area contributed by atoms with Crippen LogP contribution in [0.15, 0.2) is 29.9 Å². The number of rotatable bonds is 2. The van der Waals surface area contributed by atoms with Crippen molar-refractivity contribution in [3.63, 3.8) is 0 Å². The van der Waals surface area contributed by atoms with E-state index in [-0.39, 0.29) is 0 Å². The van der Waals surface area contributed by atoms with Crippen LogP contribution < -0.4 is 5.73 Å². The molecule has 0 atom stereocenters. The average molecular weight is 191 g/mol. The summed E-state index contributed by atoms with van der Waals surface area (Å²) in [4.78, 5) is 8.38. The van der Waals surface area contributed by atoms with Gasteiger partial charge in [0.25, 0.3) is 0 Å². The van der Waals surface area contributed by atoms with Crippen molar-refractivity contribution in [2.24, 2.45) is 5.73 Å². The van der Waals surface area contributed by atoms with Gasteiger partial charge in [-0.3, -0.25) is 4.98 Å². The SMILES string of the molecule is NCc1csc(-c2cccnc2)n1. The minimum Gasteiger partial charge on any atom is -0.325 e. The Morgan fingerprint density at radius 1 is 1.46 bits per heavy atom. The van der Waals surface area contributed by atoms with Gasteiger partial charge in [-0.2, -0.15) is 0 Å². The van der Waals surface area contributed by atoms with Gasteiger partial charge in [0.2, 0.25) is 0 Å². The van der Waals surface area contributed by atoms with Crippen molar-refractivity contribution >= 4 is 11.3 Å². The van der Waals surface area contributed by atoms with Crippen molar-refractivity contribution in [2.75, 3.05) is 0 Å². The van der Waals surface area contributed by atoms with Crippen LogP contribution in [-0.4, -0.2) is 9.97 Å². The molecule has 2 heterocycles. The second kappa shape index (κ2) is 3.64. The predicted molar refractivity (Wildman–Crippen MR) is 53.2 cm³/mol. The van der Waals surface area contributed by atoms with Crippen molar-refractivity contribution in [2.45, 2.75) is 6.54 Å². The van der Waals surface area contributed by atoms with Crippen LogP contribution in [0.3, 0.4) is 0 Å². The summed E-state index contributed by atoms with van der Waals surface area (Å²) in [5.74, 6) is 0. The molecule has 0 saturated carbocycles. The monoisotopic (exact) mass is 191 g/mol. The van der Waals surface area contributed by atoms with E-state index < -0.39 is 0 Å². The third-order valence-electron chi connectivity index (χ3n) is 1.67. The van der Waals surface area contributed by atoms with Crippen LogP contribution >= 0.6 is 11.3 Å². The standard InChI is InChI=1S/C9H9N3S/c10-4-8-6-13-9(12-8)7-2-1-3-11-5-7/h1-3,5-6H,4,10H2. The zero-order valence-corrected chi connectivity index (χ0v) is 7.79. The number of nitrogens with zero attached hydrogens (tertiary/aromatic N) is 2. The molecule has 0 aliphatic rings. The Morgan fingerprint density at radius 2 is 2.38 bits per heavy atom. The topological polar surface area (TPSA) is 51.8 Å². The molecule has 2 aromatic rings. The fourth-order valence-electron chi connectivity index (χ4n) is 1.02. The van der Waals surface area contributed by atoms with E-state index in [2.05, 4.69) is 9.97 Å². The molecule has 0 aliphatic carbocycles. The molecule has 0 aliphatic heterocycles. The Bertz CT molecular complexity index is 383.